The summed E-state index contributed by atoms with van der Waals surface area (Å²) in [4.78, 5) is 4.00. The average molecular weight is 239 g/mol. The Morgan fingerprint density at radius 2 is 1.94 bits per heavy atom. The molecule has 0 spiro atoms. The van der Waals surface area contributed by atoms with Crippen LogP contribution in [-0.2, 0) is 15.3 Å². The lowest BCUT2D eigenvalue weighted by molar-refractivity contribution is 0.206. The molecule has 0 aromatic carbocycles. The minimum Gasteiger partial charge on any atom is -0.397 e. The van der Waals surface area contributed by atoms with Crippen LogP contribution in [0.1, 0.15) is 25.3 Å². The van der Waals surface area contributed by atoms with E-state index in [-0.39, 0.29) is 0 Å². The first-order valence-electron chi connectivity index (χ1n) is 5.95. The van der Waals surface area contributed by atoms with Gasteiger partial charge in [-0.25, -0.2) is 0 Å². The lowest BCUT2D eigenvalue weighted by atomic mass is 10.1. The summed E-state index contributed by atoms with van der Waals surface area (Å²) in [5, 5.41) is 0. The second-order valence-electron chi connectivity index (χ2n) is 3.71. The zero-order valence-corrected chi connectivity index (χ0v) is 11.3. The maximum Gasteiger partial charge on any atom is 0.318 e. The Balaban J connectivity index is 2.00. The molecule has 0 saturated heterocycles. The Morgan fingerprint density at radius 3 is 2.62 bits per heavy atom. The fraction of sp³-hybridized carbons (Fsp3) is 0.583. The van der Waals surface area contributed by atoms with E-state index in [1.807, 2.05) is 19.3 Å². The van der Waals surface area contributed by atoms with Gasteiger partial charge in [0.05, 0.1) is 0 Å². The van der Waals surface area contributed by atoms with Gasteiger partial charge in [0.15, 0.2) is 0 Å². The summed E-state index contributed by atoms with van der Waals surface area (Å²) >= 11 is 0. The van der Waals surface area contributed by atoms with Crippen LogP contribution >= 0.6 is 0 Å². The first kappa shape index (κ1) is 13.4. The van der Waals surface area contributed by atoms with Crippen molar-refractivity contribution in [1.29, 1.82) is 0 Å². The topological polar surface area (TPSA) is 31.4 Å². The highest BCUT2D eigenvalue weighted by Gasteiger charge is 2.03. The van der Waals surface area contributed by atoms with E-state index in [2.05, 4.69) is 23.7 Å². The summed E-state index contributed by atoms with van der Waals surface area (Å²) in [6, 6.07) is 4.14. The average Bonchev–Trinajstić information content (AvgIpc) is 2.30. The van der Waals surface area contributed by atoms with Crippen molar-refractivity contribution in [2.24, 2.45) is 0 Å². The van der Waals surface area contributed by atoms with Crippen molar-refractivity contribution in [2.75, 3.05) is 13.2 Å². The number of hydrogen-bond acceptors (Lipinski definition) is 3. The molecule has 3 nitrogen and oxygen atoms in total. The molecule has 1 rings (SSSR count). The summed E-state index contributed by atoms with van der Waals surface area (Å²) in [6.07, 6.45) is 7.06. The van der Waals surface area contributed by atoms with Gasteiger partial charge in [0.25, 0.3) is 0 Å². The predicted octanol–water partition coefficient (Wildman–Crippen LogP) is 2.31. The van der Waals surface area contributed by atoms with E-state index < -0.39 is 9.28 Å². The van der Waals surface area contributed by atoms with Crippen LogP contribution < -0.4 is 0 Å². The number of unbranched alkanes of at least 4 members (excludes halogenated alkanes) is 1. The zero-order chi connectivity index (χ0) is 11.6. The maximum absolute atomic E-state index is 5.62. The van der Waals surface area contributed by atoms with Gasteiger partial charge < -0.3 is 8.85 Å². The molecule has 0 aliphatic rings. The standard InChI is InChI=1S/C12H21NO2Si/c1-3-14-16(2)15-11-5-4-6-12-7-9-13-10-8-12/h7-10,16H,3-6,11H2,1-2H3. The number of pyridine rings is 1. The minimum atomic E-state index is -1.33. The molecule has 0 aliphatic heterocycles. The van der Waals surface area contributed by atoms with Gasteiger partial charge in [-0.3, -0.25) is 4.98 Å². The van der Waals surface area contributed by atoms with Crippen molar-refractivity contribution in [3.63, 3.8) is 0 Å². The van der Waals surface area contributed by atoms with Crippen molar-refractivity contribution in [3.05, 3.63) is 30.1 Å². The first-order chi connectivity index (χ1) is 7.83. The Morgan fingerprint density at radius 1 is 1.19 bits per heavy atom. The van der Waals surface area contributed by atoms with Gasteiger partial charge in [0.1, 0.15) is 0 Å². The Kier molecular flexibility index (Phi) is 7.04. The molecule has 16 heavy (non-hydrogen) atoms. The highest BCUT2D eigenvalue weighted by Crippen LogP contribution is 2.03. The van der Waals surface area contributed by atoms with Crippen LogP contribution in [0.4, 0.5) is 0 Å². The molecule has 0 radical (unpaired) electrons. The molecule has 1 aromatic heterocycles. The summed E-state index contributed by atoms with van der Waals surface area (Å²) < 4.78 is 11.0. The van der Waals surface area contributed by atoms with Crippen molar-refractivity contribution in [3.8, 4) is 0 Å². The quantitative estimate of drug-likeness (QED) is 0.515. The SMILES string of the molecule is CCO[SiH](C)OCCCCc1ccncc1. The molecule has 0 fully saturated rings. The summed E-state index contributed by atoms with van der Waals surface area (Å²) in [5.74, 6) is 0. The molecule has 0 aliphatic carbocycles. The normalized spacial score (nSPS) is 12.6. The van der Waals surface area contributed by atoms with Crippen LogP contribution in [0.5, 0.6) is 0 Å². The lowest BCUT2D eigenvalue weighted by Gasteiger charge is -2.10. The molecule has 0 bridgehead atoms. The molecule has 1 unspecified atom stereocenters. The number of aromatic nitrogens is 1. The second-order valence-corrected chi connectivity index (χ2v) is 5.51. The largest absolute Gasteiger partial charge is 0.397 e. The molecule has 0 saturated carbocycles. The van der Waals surface area contributed by atoms with Crippen molar-refractivity contribution in [2.45, 2.75) is 32.7 Å². The summed E-state index contributed by atoms with van der Waals surface area (Å²) in [7, 11) is -1.33. The predicted molar refractivity (Wildman–Crippen MR) is 67.8 cm³/mol. The van der Waals surface area contributed by atoms with E-state index >= 15 is 0 Å². The fourth-order valence-electron chi connectivity index (χ4n) is 1.51. The number of nitrogens with zero attached hydrogens (tertiary/aromatic N) is 1. The first-order valence-corrected chi connectivity index (χ1v) is 8.04. The van der Waals surface area contributed by atoms with Crippen molar-refractivity contribution < 1.29 is 8.85 Å². The Bertz CT molecular complexity index is 269. The van der Waals surface area contributed by atoms with Crippen LogP contribution in [0.25, 0.3) is 0 Å². The number of rotatable bonds is 8. The molecule has 90 valence electrons. The third kappa shape index (κ3) is 6.00. The van der Waals surface area contributed by atoms with Crippen LogP contribution in [0, 0.1) is 0 Å². The molecular weight excluding hydrogens is 218 g/mol. The van der Waals surface area contributed by atoms with Crippen molar-refractivity contribution >= 4 is 9.28 Å². The molecular formula is C12H21NO2Si. The number of aryl methyl sites for hydroxylation is 1. The molecule has 0 N–H and O–H groups in total. The lowest BCUT2D eigenvalue weighted by Crippen LogP contribution is -2.19. The monoisotopic (exact) mass is 239 g/mol. The number of hydrogen-bond donors (Lipinski definition) is 0. The molecule has 1 aromatic rings. The van der Waals surface area contributed by atoms with Crippen LogP contribution in [-0.4, -0.2) is 27.5 Å². The summed E-state index contributed by atoms with van der Waals surface area (Å²) in [6.45, 7) is 5.69. The van der Waals surface area contributed by atoms with E-state index in [1.54, 1.807) is 0 Å². The van der Waals surface area contributed by atoms with Gasteiger partial charge in [0, 0.05) is 25.6 Å². The Hall–Kier alpha value is -0.713. The third-order valence-electron chi connectivity index (χ3n) is 2.36. The van der Waals surface area contributed by atoms with Gasteiger partial charge in [-0.05, 0) is 50.4 Å². The second kappa shape index (κ2) is 8.44. The van der Waals surface area contributed by atoms with Gasteiger partial charge in [-0.2, -0.15) is 0 Å². The molecule has 4 heteroatoms. The van der Waals surface area contributed by atoms with E-state index in [1.165, 1.54) is 5.56 Å². The minimum absolute atomic E-state index is 0.768. The highest BCUT2D eigenvalue weighted by molar-refractivity contribution is 6.42. The van der Waals surface area contributed by atoms with Crippen molar-refractivity contribution in [1.82, 2.24) is 4.98 Å². The van der Waals surface area contributed by atoms with Gasteiger partial charge >= 0.3 is 9.28 Å². The summed E-state index contributed by atoms with van der Waals surface area (Å²) in [5.41, 5.74) is 1.35. The molecule has 1 atom stereocenters. The van der Waals surface area contributed by atoms with Crippen LogP contribution in [0.15, 0.2) is 24.5 Å². The van der Waals surface area contributed by atoms with Crippen LogP contribution in [0.2, 0.25) is 6.55 Å². The van der Waals surface area contributed by atoms with E-state index in [0.29, 0.717) is 0 Å². The molecule has 0 amide bonds. The maximum atomic E-state index is 5.62. The fourth-order valence-corrected chi connectivity index (χ4v) is 2.58. The van der Waals surface area contributed by atoms with E-state index in [0.717, 1.165) is 32.5 Å². The van der Waals surface area contributed by atoms with Gasteiger partial charge in [-0.15, -0.1) is 0 Å². The van der Waals surface area contributed by atoms with Crippen LogP contribution in [0.3, 0.4) is 0 Å². The van der Waals surface area contributed by atoms with E-state index in [9.17, 15) is 0 Å². The molecule has 1 heterocycles. The van der Waals surface area contributed by atoms with E-state index in [4.69, 9.17) is 8.85 Å². The third-order valence-corrected chi connectivity index (χ3v) is 3.87. The highest BCUT2D eigenvalue weighted by atomic mass is 28.3. The van der Waals surface area contributed by atoms with Gasteiger partial charge in [-0.1, -0.05) is 0 Å². The Labute approximate surface area is 99.7 Å². The smallest absolute Gasteiger partial charge is 0.318 e. The zero-order valence-electron chi connectivity index (χ0n) is 10.2. The van der Waals surface area contributed by atoms with Gasteiger partial charge in [0.2, 0.25) is 0 Å².